The summed E-state index contributed by atoms with van der Waals surface area (Å²) in [6.45, 7) is 2.23. The number of carbonyl (C=O) groups is 2. The Labute approximate surface area is 154 Å². The molecule has 1 unspecified atom stereocenters. The highest BCUT2D eigenvalue weighted by Gasteiger charge is 2.25. The molecule has 1 amide bonds. The second kappa shape index (κ2) is 7.22. The minimum Gasteiger partial charge on any atom is -0.506 e. The predicted octanol–water partition coefficient (Wildman–Crippen LogP) is 0.227. The lowest BCUT2D eigenvalue weighted by molar-refractivity contribution is -0.135. The molecule has 3 N–H and O–H groups in total. The molecular weight excluding hydrogens is 354 g/mol. The Morgan fingerprint density at radius 3 is 2.78 bits per heavy atom. The molecule has 0 radical (unpaired) electrons. The van der Waals surface area contributed by atoms with Gasteiger partial charge in [-0.05, 0) is 26.2 Å². The second-order valence-corrected chi connectivity index (χ2v) is 6.61. The van der Waals surface area contributed by atoms with E-state index in [1.54, 1.807) is 0 Å². The van der Waals surface area contributed by atoms with Gasteiger partial charge in [0.05, 0.1) is 5.39 Å². The third kappa shape index (κ3) is 3.42. The van der Waals surface area contributed by atoms with Crippen LogP contribution in [0.2, 0.25) is 0 Å². The topological polar surface area (TPSA) is 138 Å². The van der Waals surface area contributed by atoms with Crippen molar-refractivity contribution in [3.05, 3.63) is 22.1 Å². The third-order valence-electron chi connectivity index (χ3n) is 4.77. The minimum atomic E-state index is -1.26. The lowest BCUT2D eigenvalue weighted by Gasteiger charge is -2.33. The van der Waals surface area contributed by atoms with Gasteiger partial charge in [0, 0.05) is 25.8 Å². The summed E-state index contributed by atoms with van der Waals surface area (Å²) >= 11 is 0. The van der Waals surface area contributed by atoms with E-state index >= 15 is 0 Å². The SMILES string of the molecule is CC1CCCCN1c1ncc2c(O)c(C(=O)NCC(=O)O)c(=O)n(C)c2n1. The van der Waals surface area contributed by atoms with Gasteiger partial charge in [-0.3, -0.25) is 19.0 Å². The zero-order valence-electron chi connectivity index (χ0n) is 15.1. The van der Waals surface area contributed by atoms with Crippen LogP contribution in [0.4, 0.5) is 5.95 Å². The van der Waals surface area contributed by atoms with Gasteiger partial charge in [0.15, 0.2) is 5.65 Å². The van der Waals surface area contributed by atoms with Crippen molar-refractivity contribution in [3.8, 4) is 5.75 Å². The van der Waals surface area contributed by atoms with Gasteiger partial charge in [-0.15, -0.1) is 0 Å². The monoisotopic (exact) mass is 375 g/mol. The number of hydrogen-bond acceptors (Lipinski definition) is 7. The molecule has 0 saturated carbocycles. The molecule has 1 fully saturated rings. The van der Waals surface area contributed by atoms with Crippen LogP contribution in [-0.4, -0.2) is 55.8 Å². The van der Waals surface area contributed by atoms with Crippen molar-refractivity contribution in [2.45, 2.75) is 32.2 Å². The zero-order chi connectivity index (χ0) is 19.7. The summed E-state index contributed by atoms with van der Waals surface area (Å²) in [5.41, 5.74) is -1.09. The standard InChI is InChI=1S/C17H21N5O5/c1-9-5-3-4-6-22(9)17-19-7-10-13(25)12(15(26)18-8-11(23)24)16(27)21(2)14(10)20-17/h7,9,25H,3-6,8H2,1-2H3,(H,18,26)(H,23,24). The van der Waals surface area contributed by atoms with Crippen LogP contribution in [0.15, 0.2) is 11.0 Å². The van der Waals surface area contributed by atoms with Crippen molar-refractivity contribution in [3.63, 3.8) is 0 Å². The molecule has 1 aliphatic rings. The second-order valence-electron chi connectivity index (χ2n) is 6.61. The molecule has 2 aromatic rings. The lowest BCUT2D eigenvalue weighted by Crippen LogP contribution is -2.39. The fourth-order valence-corrected chi connectivity index (χ4v) is 3.27. The van der Waals surface area contributed by atoms with E-state index in [9.17, 15) is 19.5 Å². The van der Waals surface area contributed by atoms with E-state index in [1.165, 1.54) is 13.2 Å². The summed E-state index contributed by atoms with van der Waals surface area (Å²) < 4.78 is 1.16. The van der Waals surface area contributed by atoms with Crippen molar-refractivity contribution in [2.24, 2.45) is 7.05 Å². The summed E-state index contributed by atoms with van der Waals surface area (Å²) in [4.78, 5) is 46.1. The summed E-state index contributed by atoms with van der Waals surface area (Å²) in [7, 11) is 1.44. The number of nitrogens with one attached hydrogen (secondary N) is 1. The van der Waals surface area contributed by atoms with Gasteiger partial charge in [-0.25, -0.2) is 4.98 Å². The van der Waals surface area contributed by atoms with Gasteiger partial charge >= 0.3 is 5.97 Å². The molecule has 0 spiro atoms. The van der Waals surface area contributed by atoms with E-state index in [2.05, 4.69) is 27.1 Å². The molecule has 10 nitrogen and oxygen atoms in total. The number of nitrogens with zero attached hydrogens (tertiary/aromatic N) is 4. The first-order valence-electron chi connectivity index (χ1n) is 8.66. The van der Waals surface area contributed by atoms with Gasteiger partial charge in [0.1, 0.15) is 17.9 Å². The molecule has 2 aromatic heterocycles. The number of anilines is 1. The average molecular weight is 375 g/mol. The van der Waals surface area contributed by atoms with Crippen LogP contribution in [0.5, 0.6) is 5.75 Å². The van der Waals surface area contributed by atoms with E-state index in [-0.39, 0.29) is 17.1 Å². The van der Waals surface area contributed by atoms with Crippen LogP contribution in [-0.2, 0) is 11.8 Å². The number of piperidine rings is 1. The first-order chi connectivity index (χ1) is 12.8. The summed E-state index contributed by atoms with van der Waals surface area (Å²) in [5.74, 6) is -2.32. The molecule has 1 atom stereocenters. The number of aliphatic carboxylic acids is 1. The van der Waals surface area contributed by atoms with Crippen LogP contribution >= 0.6 is 0 Å². The molecule has 1 saturated heterocycles. The Morgan fingerprint density at radius 2 is 2.11 bits per heavy atom. The molecule has 3 heterocycles. The molecule has 0 aliphatic carbocycles. The Hall–Kier alpha value is -3.17. The Balaban J connectivity index is 2.08. The molecule has 27 heavy (non-hydrogen) atoms. The molecule has 3 rings (SSSR count). The number of aryl methyl sites for hydroxylation is 1. The lowest BCUT2D eigenvalue weighted by atomic mass is 10.0. The maximum absolute atomic E-state index is 12.6. The van der Waals surface area contributed by atoms with Crippen LogP contribution in [0, 0.1) is 0 Å². The number of aromatic hydroxyl groups is 1. The number of carboxylic acid groups (broad SMARTS) is 1. The van der Waals surface area contributed by atoms with Gasteiger partial charge in [-0.2, -0.15) is 4.98 Å². The molecule has 1 aliphatic heterocycles. The smallest absolute Gasteiger partial charge is 0.322 e. The van der Waals surface area contributed by atoms with E-state index in [0.29, 0.717) is 5.95 Å². The summed E-state index contributed by atoms with van der Waals surface area (Å²) in [6.07, 6.45) is 4.56. The summed E-state index contributed by atoms with van der Waals surface area (Å²) in [6, 6.07) is 0.267. The molecule has 10 heteroatoms. The van der Waals surface area contributed by atoms with Crippen molar-refractivity contribution in [1.29, 1.82) is 0 Å². The number of hydrogen-bond donors (Lipinski definition) is 3. The Morgan fingerprint density at radius 1 is 1.37 bits per heavy atom. The van der Waals surface area contributed by atoms with Gasteiger partial charge in [-0.1, -0.05) is 0 Å². The van der Waals surface area contributed by atoms with E-state index in [0.717, 1.165) is 30.4 Å². The van der Waals surface area contributed by atoms with E-state index < -0.39 is 35.3 Å². The van der Waals surface area contributed by atoms with Crippen LogP contribution in [0.1, 0.15) is 36.5 Å². The number of fused-ring (bicyclic) bond motifs is 1. The summed E-state index contributed by atoms with van der Waals surface area (Å²) in [5, 5.41) is 21.3. The average Bonchev–Trinajstić information content (AvgIpc) is 2.64. The van der Waals surface area contributed by atoms with Gasteiger partial charge in [0.2, 0.25) is 5.95 Å². The quantitative estimate of drug-likeness (QED) is 0.690. The highest BCUT2D eigenvalue weighted by atomic mass is 16.4. The highest BCUT2D eigenvalue weighted by Crippen LogP contribution is 2.27. The number of carboxylic acids is 1. The van der Waals surface area contributed by atoms with Crippen molar-refractivity contribution in [2.75, 3.05) is 18.0 Å². The molecular formula is C17H21N5O5. The Kier molecular flexibility index (Phi) is 4.98. The molecule has 0 bridgehead atoms. The van der Waals surface area contributed by atoms with Gasteiger partial charge in [0.25, 0.3) is 11.5 Å². The highest BCUT2D eigenvalue weighted by molar-refractivity contribution is 6.02. The zero-order valence-corrected chi connectivity index (χ0v) is 15.1. The number of amides is 1. The Bertz CT molecular complexity index is 970. The van der Waals surface area contributed by atoms with Crippen LogP contribution < -0.4 is 15.8 Å². The maximum atomic E-state index is 12.6. The fourth-order valence-electron chi connectivity index (χ4n) is 3.27. The number of pyridine rings is 1. The first-order valence-corrected chi connectivity index (χ1v) is 8.66. The predicted molar refractivity (Wildman–Crippen MR) is 97.1 cm³/mol. The van der Waals surface area contributed by atoms with Crippen molar-refractivity contribution >= 4 is 28.9 Å². The molecule has 0 aromatic carbocycles. The number of carbonyl (C=O) groups excluding carboxylic acids is 1. The largest absolute Gasteiger partial charge is 0.506 e. The fraction of sp³-hybridized carbons (Fsp3) is 0.471. The number of rotatable bonds is 4. The van der Waals surface area contributed by atoms with Crippen molar-refractivity contribution in [1.82, 2.24) is 19.9 Å². The first kappa shape index (κ1) is 18.6. The maximum Gasteiger partial charge on any atom is 0.322 e. The van der Waals surface area contributed by atoms with Gasteiger partial charge < -0.3 is 20.4 Å². The third-order valence-corrected chi connectivity index (χ3v) is 4.77. The van der Waals surface area contributed by atoms with E-state index in [4.69, 9.17) is 5.11 Å². The van der Waals surface area contributed by atoms with Crippen LogP contribution in [0.25, 0.3) is 11.0 Å². The molecule has 144 valence electrons. The normalized spacial score (nSPS) is 17.1. The minimum absolute atomic E-state index is 0.144. The van der Waals surface area contributed by atoms with Crippen molar-refractivity contribution < 1.29 is 19.8 Å². The number of aromatic nitrogens is 3. The van der Waals surface area contributed by atoms with Crippen LogP contribution in [0.3, 0.4) is 0 Å². The van der Waals surface area contributed by atoms with E-state index in [1.807, 2.05) is 0 Å².